The number of rotatable bonds is 9. The molecule has 0 atom stereocenters. The van der Waals surface area contributed by atoms with E-state index in [4.69, 9.17) is 33.2 Å². The molecule has 0 saturated heterocycles. The van der Waals surface area contributed by atoms with Crippen molar-refractivity contribution in [3.05, 3.63) is 127 Å². The second-order valence-electron chi connectivity index (χ2n) is 9.54. The third-order valence-corrected chi connectivity index (χ3v) is 11.4. The third-order valence-electron chi connectivity index (χ3n) is 6.27. The SMILES string of the molecule is CC(=O)c1nn(-c2ccccc2Cl)c(=Nc2ccccc2SSc2ccccc2N=c2sc(C(C)=O)nn2-c2ccccc2Cl)s1. The van der Waals surface area contributed by atoms with Crippen molar-refractivity contribution >= 4 is 90.4 Å². The number of Topliss-reactive ketones (excluding diaryl/α,β-unsaturated/α-hetero) is 2. The molecule has 0 aliphatic rings. The Morgan fingerprint density at radius 3 is 1.37 bits per heavy atom. The summed E-state index contributed by atoms with van der Waals surface area (Å²) in [6.45, 7) is 2.96. The lowest BCUT2D eigenvalue weighted by Gasteiger charge is -2.08. The van der Waals surface area contributed by atoms with Crippen molar-refractivity contribution in [2.24, 2.45) is 9.98 Å². The molecule has 8 nitrogen and oxygen atoms in total. The van der Waals surface area contributed by atoms with Crippen LogP contribution in [-0.4, -0.2) is 31.1 Å². The minimum atomic E-state index is -0.155. The molecular weight excluding hydrogens is 700 g/mol. The van der Waals surface area contributed by atoms with Crippen LogP contribution >= 0.6 is 67.5 Å². The Labute approximate surface area is 289 Å². The van der Waals surface area contributed by atoms with E-state index in [1.807, 2.05) is 84.9 Å². The van der Waals surface area contributed by atoms with Gasteiger partial charge >= 0.3 is 0 Å². The van der Waals surface area contributed by atoms with Crippen LogP contribution in [0.4, 0.5) is 11.4 Å². The van der Waals surface area contributed by atoms with Crippen LogP contribution in [0, 0.1) is 0 Å². The zero-order chi connectivity index (χ0) is 32.2. The molecule has 4 aromatic carbocycles. The lowest BCUT2D eigenvalue weighted by atomic mass is 10.3. The second-order valence-corrected chi connectivity index (χ2v) is 14.5. The summed E-state index contributed by atoms with van der Waals surface area (Å²) < 4.78 is 3.20. The van der Waals surface area contributed by atoms with Crippen LogP contribution in [0.5, 0.6) is 0 Å². The van der Waals surface area contributed by atoms with Crippen molar-refractivity contribution in [2.45, 2.75) is 23.6 Å². The molecule has 14 heteroatoms. The first kappa shape index (κ1) is 32.2. The molecule has 0 N–H and O–H groups in total. The van der Waals surface area contributed by atoms with E-state index >= 15 is 0 Å². The van der Waals surface area contributed by atoms with Crippen molar-refractivity contribution in [1.82, 2.24) is 19.6 Å². The zero-order valence-corrected chi connectivity index (χ0v) is 28.9. The lowest BCUT2D eigenvalue weighted by molar-refractivity contribution is 0.100. The largest absolute Gasteiger partial charge is 0.292 e. The van der Waals surface area contributed by atoms with E-state index in [1.54, 1.807) is 21.5 Å². The molecule has 46 heavy (non-hydrogen) atoms. The zero-order valence-electron chi connectivity index (χ0n) is 24.1. The second kappa shape index (κ2) is 14.3. The molecule has 0 aliphatic heterocycles. The molecule has 0 spiro atoms. The van der Waals surface area contributed by atoms with Crippen molar-refractivity contribution in [3.63, 3.8) is 0 Å². The lowest BCUT2D eigenvalue weighted by Crippen LogP contribution is -2.14. The van der Waals surface area contributed by atoms with Gasteiger partial charge in [0.1, 0.15) is 0 Å². The van der Waals surface area contributed by atoms with Crippen LogP contribution in [0.2, 0.25) is 10.0 Å². The van der Waals surface area contributed by atoms with Crippen molar-refractivity contribution in [1.29, 1.82) is 0 Å². The molecule has 0 aliphatic carbocycles. The van der Waals surface area contributed by atoms with E-state index in [-0.39, 0.29) is 11.6 Å². The van der Waals surface area contributed by atoms with E-state index in [0.717, 1.165) is 9.79 Å². The quantitative estimate of drug-likeness (QED) is 0.109. The van der Waals surface area contributed by atoms with Crippen LogP contribution in [0.1, 0.15) is 33.5 Å². The van der Waals surface area contributed by atoms with E-state index in [2.05, 4.69) is 10.2 Å². The van der Waals surface area contributed by atoms with Gasteiger partial charge in [-0.3, -0.25) is 9.59 Å². The number of aromatic nitrogens is 4. The molecule has 6 rings (SSSR count). The smallest absolute Gasteiger partial charge is 0.213 e. The number of hydrogen-bond acceptors (Lipinski definition) is 10. The van der Waals surface area contributed by atoms with Gasteiger partial charge in [-0.15, -0.1) is 0 Å². The Morgan fingerprint density at radius 2 is 0.978 bits per heavy atom. The molecule has 0 amide bonds. The summed E-state index contributed by atoms with van der Waals surface area (Å²) in [5.74, 6) is -0.309. The van der Waals surface area contributed by atoms with Crippen LogP contribution in [-0.2, 0) is 0 Å². The monoisotopic (exact) mass is 720 g/mol. The van der Waals surface area contributed by atoms with Gasteiger partial charge < -0.3 is 0 Å². The molecular formula is C32H22Cl2N6O2S4. The fourth-order valence-electron chi connectivity index (χ4n) is 4.09. The standard InChI is InChI=1S/C32H22Cl2N6O2S4/c1-19(41)29-37-39(25-15-7-3-11-21(25)33)31(43-29)35-23-13-5-9-17-27(23)45-46-28-18-10-6-14-24(28)36-32-40(38-30(44-32)20(2)42)26-16-8-4-12-22(26)34/h3-18H,1-2H3. The van der Waals surface area contributed by atoms with Crippen LogP contribution in [0.15, 0.2) is 117 Å². The van der Waals surface area contributed by atoms with E-state index in [1.165, 1.54) is 58.1 Å². The fraction of sp³-hybridized carbons (Fsp3) is 0.0625. The normalized spacial score (nSPS) is 12.1. The maximum atomic E-state index is 12.2. The Morgan fingerprint density at radius 1 is 0.609 bits per heavy atom. The highest BCUT2D eigenvalue weighted by atomic mass is 35.5. The summed E-state index contributed by atoms with van der Waals surface area (Å²) in [4.78, 5) is 37.2. The minimum Gasteiger partial charge on any atom is -0.292 e. The number of para-hydroxylation sites is 4. The van der Waals surface area contributed by atoms with Gasteiger partial charge in [-0.05, 0) is 48.5 Å². The number of carbonyl (C=O) groups is 2. The molecule has 0 fully saturated rings. The molecule has 2 aromatic heterocycles. The molecule has 0 unspecified atom stereocenters. The van der Waals surface area contributed by atoms with Crippen LogP contribution in [0.25, 0.3) is 11.4 Å². The predicted octanol–water partition coefficient (Wildman–Crippen LogP) is 9.16. The topological polar surface area (TPSA) is 94.5 Å². The summed E-state index contributed by atoms with van der Waals surface area (Å²) in [6.07, 6.45) is 0. The number of ketones is 2. The first-order valence-electron chi connectivity index (χ1n) is 13.6. The van der Waals surface area contributed by atoms with Crippen LogP contribution < -0.4 is 9.60 Å². The average molecular weight is 722 g/mol. The van der Waals surface area contributed by atoms with Crippen LogP contribution in [0.3, 0.4) is 0 Å². The Hall–Kier alpha value is -3.78. The summed E-state index contributed by atoms with van der Waals surface area (Å²) >= 11 is 15.4. The first-order valence-corrected chi connectivity index (χ1v) is 18.2. The van der Waals surface area contributed by atoms with Gasteiger partial charge in [0.05, 0.1) is 32.8 Å². The summed E-state index contributed by atoms with van der Waals surface area (Å²) in [5, 5.41) is 10.7. The molecule has 2 heterocycles. The van der Waals surface area contributed by atoms with Gasteiger partial charge in [-0.2, -0.15) is 10.2 Å². The average Bonchev–Trinajstić information content (AvgIpc) is 3.67. The van der Waals surface area contributed by atoms with Gasteiger partial charge in [0.25, 0.3) is 0 Å². The minimum absolute atomic E-state index is 0.155. The molecule has 0 bridgehead atoms. The first-order chi connectivity index (χ1) is 22.3. The van der Waals surface area contributed by atoms with Crippen molar-refractivity contribution < 1.29 is 9.59 Å². The van der Waals surface area contributed by atoms with E-state index in [0.29, 0.717) is 52.4 Å². The maximum Gasteiger partial charge on any atom is 0.213 e. The van der Waals surface area contributed by atoms with E-state index < -0.39 is 0 Å². The van der Waals surface area contributed by atoms with Crippen molar-refractivity contribution in [3.8, 4) is 11.4 Å². The van der Waals surface area contributed by atoms with Gasteiger partial charge in [0.15, 0.2) is 21.6 Å². The Kier molecular flexibility index (Phi) is 10.0. The number of nitrogens with zero attached hydrogens (tertiary/aromatic N) is 6. The summed E-state index contributed by atoms with van der Waals surface area (Å²) in [7, 11) is 3.05. The summed E-state index contributed by atoms with van der Waals surface area (Å²) in [5.41, 5.74) is 2.68. The van der Waals surface area contributed by atoms with Gasteiger partial charge in [0, 0.05) is 23.6 Å². The molecule has 0 radical (unpaired) electrons. The molecule has 230 valence electrons. The third kappa shape index (κ3) is 7.12. The van der Waals surface area contributed by atoms with Gasteiger partial charge in [-0.25, -0.2) is 19.3 Å². The number of halogens is 2. The fourth-order valence-corrected chi connectivity index (χ4v) is 8.37. The maximum absolute atomic E-state index is 12.2. The molecule has 0 saturated carbocycles. The van der Waals surface area contributed by atoms with Gasteiger partial charge in [0.2, 0.25) is 9.60 Å². The highest BCUT2D eigenvalue weighted by Crippen LogP contribution is 2.44. The number of benzene rings is 4. The Balaban J connectivity index is 1.37. The highest BCUT2D eigenvalue weighted by Gasteiger charge is 2.16. The highest BCUT2D eigenvalue weighted by molar-refractivity contribution is 8.76. The predicted molar refractivity (Wildman–Crippen MR) is 188 cm³/mol. The van der Waals surface area contributed by atoms with Gasteiger partial charge in [-0.1, -0.05) is 116 Å². The Bertz CT molecular complexity index is 2080. The number of hydrogen-bond donors (Lipinski definition) is 0. The molecule has 6 aromatic rings. The van der Waals surface area contributed by atoms with E-state index in [9.17, 15) is 9.59 Å². The van der Waals surface area contributed by atoms with Crippen molar-refractivity contribution in [2.75, 3.05) is 0 Å². The summed E-state index contributed by atoms with van der Waals surface area (Å²) in [6, 6.07) is 30.1. The number of carbonyl (C=O) groups excluding carboxylic acids is 2.